The van der Waals surface area contributed by atoms with Gasteiger partial charge in [0.1, 0.15) is 0 Å². The Morgan fingerprint density at radius 1 is 1.04 bits per heavy atom. The molecule has 1 aromatic carbocycles. The highest BCUT2D eigenvalue weighted by Gasteiger charge is 2.63. The summed E-state index contributed by atoms with van der Waals surface area (Å²) in [6, 6.07) is 9.32. The maximum Gasteiger partial charge on any atom is 0.241 e. The van der Waals surface area contributed by atoms with Gasteiger partial charge >= 0.3 is 0 Å². The Morgan fingerprint density at radius 3 is 2.27 bits per heavy atom. The molecular formula is C21H27NO3Si. The summed E-state index contributed by atoms with van der Waals surface area (Å²) in [6.45, 7) is 10.9. The number of hydrogen-bond acceptors (Lipinski definition) is 3. The van der Waals surface area contributed by atoms with Gasteiger partial charge in [0.15, 0.2) is 0 Å². The van der Waals surface area contributed by atoms with Gasteiger partial charge in [0.2, 0.25) is 20.1 Å². The lowest BCUT2D eigenvalue weighted by molar-refractivity contribution is -0.130. The Morgan fingerprint density at radius 2 is 1.65 bits per heavy atom. The first-order chi connectivity index (χ1) is 12.1. The van der Waals surface area contributed by atoms with Crippen LogP contribution < -0.4 is 4.90 Å². The van der Waals surface area contributed by atoms with Crippen LogP contribution in [-0.2, 0) is 14.0 Å². The smallest absolute Gasteiger partial charge is 0.241 e. The number of benzene rings is 1. The van der Waals surface area contributed by atoms with E-state index in [1.165, 1.54) is 4.90 Å². The molecule has 1 heterocycles. The minimum atomic E-state index is -1.77. The van der Waals surface area contributed by atoms with E-state index in [2.05, 4.69) is 39.6 Å². The van der Waals surface area contributed by atoms with Gasteiger partial charge in [0.05, 0.1) is 23.3 Å². The number of para-hydroxylation sites is 1. The van der Waals surface area contributed by atoms with Gasteiger partial charge in [-0.15, -0.1) is 0 Å². The van der Waals surface area contributed by atoms with E-state index >= 15 is 0 Å². The minimum absolute atomic E-state index is 0.000765. The maximum absolute atomic E-state index is 13.3. The molecule has 0 spiro atoms. The van der Waals surface area contributed by atoms with Crippen molar-refractivity contribution in [2.75, 3.05) is 4.90 Å². The van der Waals surface area contributed by atoms with Gasteiger partial charge in [-0.1, -0.05) is 32.0 Å². The van der Waals surface area contributed by atoms with Crippen LogP contribution in [-0.4, -0.2) is 20.1 Å². The molecule has 1 saturated heterocycles. The average molecular weight is 370 g/mol. The van der Waals surface area contributed by atoms with E-state index in [1.807, 2.05) is 30.3 Å². The van der Waals surface area contributed by atoms with Crippen molar-refractivity contribution in [3.05, 3.63) is 42.2 Å². The molecule has 5 rings (SSSR count). The summed E-state index contributed by atoms with van der Waals surface area (Å²) in [6.07, 6.45) is 3.07. The molecule has 4 atom stereocenters. The van der Waals surface area contributed by atoms with Gasteiger partial charge in [-0.05, 0) is 55.6 Å². The summed E-state index contributed by atoms with van der Waals surface area (Å²) in [4.78, 5) is 28.0. The summed E-state index contributed by atoms with van der Waals surface area (Å²) >= 11 is 0. The molecule has 1 aromatic rings. The molecule has 5 heteroatoms. The lowest BCUT2D eigenvalue weighted by Crippen LogP contribution is -2.50. The summed E-state index contributed by atoms with van der Waals surface area (Å²) < 4.78 is 6.36. The molecule has 0 radical (unpaired) electrons. The summed E-state index contributed by atoms with van der Waals surface area (Å²) in [5, 5.41) is 0. The van der Waals surface area contributed by atoms with Crippen molar-refractivity contribution >= 4 is 25.8 Å². The van der Waals surface area contributed by atoms with Crippen LogP contribution in [0.15, 0.2) is 42.2 Å². The Bertz CT molecular complexity index is 793. The standard InChI is InChI=1S/C21H27NO3Si/c1-21(2)12-14-16(25-26(3,4)5)11-15(21)18-17(14)19(23)22(20(18)24)13-9-7-6-8-10-13/h6-11,14-15,17-18H,12H2,1-5H3/t14-,15+,17+,18-/m1/s1. The lowest BCUT2D eigenvalue weighted by atomic mass is 9.52. The Hall–Kier alpha value is -1.88. The first-order valence-electron chi connectivity index (χ1n) is 9.44. The zero-order chi connectivity index (χ0) is 18.9. The second-order valence-corrected chi connectivity index (χ2v) is 13.9. The first kappa shape index (κ1) is 17.5. The number of nitrogens with zero attached hydrogens (tertiary/aromatic N) is 1. The molecule has 3 aliphatic carbocycles. The first-order valence-corrected chi connectivity index (χ1v) is 12.8. The van der Waals surface area contributed by atoms with Crippen LogP contribution in [0.4, 0.5) is 5.69 Å². The van der Waals surface area contributed by atoms with E-state index in [9.17, 15) is 9.59 Å². The SMILES string of the molecule is CC1(C)C[C@@H]2C(O[Si](C)(C)C)=C[C@H]1[C@H]1C(=O)N(c3ccccc3)C(=O)[C@H]12. The highest BCUT2D eigenvalue weighted by atomic mass is 28.4. The second kappa shape index (κ2) is 5.56. The molecule has 2 fully saturated rings. The monoisotopic (exact) mass is 369 g/mol. The zero-order valence-corrected chi connectivity index (χ0v) is 17.2. The van der Waals surface area contributed by atoms with E-state index in [0.717, 1.165) is 12.2 Å². The summed E-state index contributed by atoms with van der Waals surface area (Å²) in [7, 11) is -1.77. The molecular weight excluding hydrogens is 342 g/mol. The molecule has 138 valence electrons. The third-order valence-electron chi connectivity index (χ3n) is 6.01. The fourth-order valence-corrected chi connectivity index (χ4v) is 5.96. The van der Waals surface area contributed by atoms with Gasteiger partial charge in [-0.2, -0.15) is 0 Å². The predicted molar refractivity (Wildman–Crippen MR) is 104 cm³/mol. The average Bonchev–Trinajstić information content (AvgIpc) is 2.80. The quantitative estimate of drug-likeness (QED) is 0.592. The largest absolute Gasteiger partial charge is 0.547 e. The van der Waals surface area contributed by atoms with Crippen molar-refractivity contribution in [2.24, 2.45) is 29.1 Å². The van der Waals surface area contributed by atoms with E-state index in [-0.39, 0.29) is 40.9 Å². The molecule has 0 aromatic heterocycles. The zero-order valence-electron chi connectivity index (χ0n) is 16.2. The van der Waals surface area contributed by atoms with Gasteiger partial charge in [0, 0.05) is 5.92 Å². The van der Waals surface area contributed by atoms with Crippen molar-refractivity contribution in [2.45, 2.75) is 39.9 Å². The van der Waals surface area contributed by atoms with Crippen LogP contribution in [0, 0.1) is 29.1 Å². The van der Waals surface area contributed by atoms with Crippen molar-refractivity contribution < 1.29 is 14.0 Å². The number of imide groups is 1. The van der Waals surface area contributed by atoms with Crippen LogP contribution in [0.3, 0.4) is 0 Å². The number of hydrogen-bond donors (Lipinski definition) is 0. The van der Waals surface area contributed by atoms with E-state index < -0.39 is 8.32 Å². The van der Waals surface area contributed by atoms with Crippen molar-refractivity contribution in [1.82, 2.24) is 0 Å². The van der Waals surface area contributed by atoms with Crippen LogP contribution in [0.2, 0.25) is 19.6 Å². The van der Waals surface area contributed by atoms with Crippen molar-refractivity contribution in [3.63, 3.8) is 0 Å². The number of rotatable bonds is 3. The summed E-state index contributed by atoms with van der Waals surface area (Å²) in [5.74, 6) is 0.387. The fraction of sp³-hybridized carbons (Fsp3) is 0.524. The molecule has 26 heavy (non-hydrogen) atoms. The lowest BCUT2D eigenvalue weighted by Gasteiger charge is -2.52. The third kappa shape index (κ3) is 2.56. The molecule has 4 nitrogen and oxygen atoms in total. The van der Waals surface area contributed by atoms with Gasteiger partial charge in [-0.25, -0.2) is 0 Å². The molecule has 0 unspecified atom stereocenters. The number of amides is 2. The van der Waals surface area contributed by atoms with Crippen LogP contribution in [0.1, 0.15) is 20.3 Å². The van der Waals surface area contributed by atoms with Gasteiger partial charge in [-0.3, -0.25) is 14.5 Å². The van der Waals surface area contributed by atoms with Gasteiger partial charge in [0.25, 0.3) is 0 Å². The van der Waals surface area contributed by atoms with Crippen molar-refractivity contribution in [3.8, 4) is 0 Å². The number of fused-ring (bicyclic) bond motifs is 1. The molecule has 4 aliphatic rings. The molecule has 2 bridgehead atoms. The van der Waals surface area contributed by atoms with E-state index in [4.69, 9.17) is 4.43 Å². The second-order valence-electron chi connectivity index (χ2n) is 9.51. The molecule has 0 N–H and O–H groups in total. The summed E-state index contributed by atoms with van der Waals surface area (Å²) in [5.41, 5.74) is 0.683. The van der Waals surface area contributed by atoms with E-state index in [0.29, 0.717) is 5.69 Å². The van der Waals surface area contributed by atoms with E-state index in [1.54, 1.807) is 0 Å². The third-order valence-corrected chi connectivity index (χ3v) is 6.86. The van der Waals surface area contributed by atoms with Crippen LogP contribution in [0.5, 0.6) is 0 Å². The highest BCUT2D eigenvalue weighted by molar-refractivity contribution is 6.70. The molecule has 2 amide bonds. The normalized spacial score (nSPS) is 32.5. The Labute approximate surface area is 156 Å². The number of carbonyl (C=O) groups is 2. The predicted octanol–water partition coefficient (Wildman–Crippen LogP) is 4.20. The fourth-order valence-electron chi connectivity index (χ4n) is 5.03. The topological polar surface area (TPSA) is 46.6 Å². The number of allylic oxidation sites excluding steroid dienone is 2. The Balaban J connectivity index is 1.76. The van der Waals surface area contributed by atoms with Gasteiger partial charge < -0.3 is 4.43 Å². The molecule has 1 saturated carbocycles. The van der Waals surface area contributed by atoms with Crippen LogP contribution in [0.25, 0.3) is 0 Å². The van der Waals surface area contributed by atoms with Crippen molar-refractivity contribution in [1.29, 1.82) is 0 Å². The Kier molecular flexibility index (Phi) is 3.74. The number of anilines is 1. The number of carbonyl (C=O) groups excluding carboxylic acids is 2. The van der Waals surface area contributed by atoms with Crippen LogP contribution >= 0.6 is 0 Å². The maximum atomic E-state index is 13.3. The molecule has 1 aliphatic heterocycles. The highest BCUT2D eigenvalue weighted by Crippen LogP contribution is 2.60. The minimum Gasteiger partial charge on any atom is -0.547 e.